The van der Waals surface area contributed by atoms with Crippen molar-refractivity contribution in [1.82, 2.24) is 14.9 Å². The predicted octanol–water partition coefficient (Wildman–Crippen LogP) is 3.75. The number of nitrogen functional groups attached to an aromatic ring is 1. The molecule has 2 aromatic heterocycles. The molecule has 3 heterocycles. The molecule has 33 heavy (non-hydrogen) atoms. The summed E-state index contributed by atoms with van der Waals surface area (Å²) in [5.41, 5.74) is 8.92. The number of fused-ring (bicyclic) bond motifs is 1. The summed E-state index contributed by atoms with van der Waals surface area (Å²) < 4.78 is 5.91. The number of nitro groups is 1. The van der Waals surface area contributed by atoms with E-state index in [-0.39, 0.29) is 11.2 Å². The first-order valence-corrected chi connectivity index (χ1v) is 10.5. The van der Waals surface area contributed by atoms with Crippen LogP contribution in [0, 0.1) is 10.1 Å². The monoisotopic (exact) mass is 443 g/mol. The average molecular weight is 443 g/mol. The maximum absolute atomic E-state index is 12.8. The van der Waals surface area contributed by atoms with E-state index in [9.17, 15) is 14.9 Å². The number of aromatic amines is 1. The largest absolute Gasteiger partial charge is 0.459 e. The van der Waals surface area contributed by atoms with Crippen LogP contribution in [-0.4, -0.2) is 26.3 Å². The third-order valence-electron chi connectivity index (χ3n) is 5.74. The fraction of sp³-hybridized carbons (Fsp3) is 0.167. The van der Waals surface area contributed by atoms with Gasteiger partial charge in [0.05, 0.1) is 28.3 Å². The summed E-state index contributed by atoms with van der Waals surface area (Å²) in [6.45, 7) is 1.65. The molecule has 166 valence electrons. The number of anilines is 1. The normalized spacial score (nSPS) is 13.6. The minimum Gasteiger partial charge on any atom is -0.459 e. The van der Waals surface area contributed by atoms with Crippen molar-refractivity contribution in [2.45, 2.75) is 19.5 Å². The highest BCUT2D eigenvalue weighted by molar-refractivity contribution is 5.69. The van der Waals surface area contributed by atoms with Crippen LogP contribution >= 0.6 is 0 Å². The van der Waals surface area contributed by atoms with Gasteiger partial charge in [-0.05, 0) is 42.5 Å². The molecule has 0 saturated carbocycles. The summed E-state index contributed by atoms with van der Waals surface area (Å²) >= 11 is 0. The molecule has 0 bridgehead atoms. The molecule has 5 rings (SSSR count). The molecule has 9 nitrogen and oxygen atoms in total. The Morgan fingerprint density at radius 3 is 2.70 bits per heavy atom. The lowest BCUT2D eigenvalue weighted by atomic mass is 10.1. The van der Waals surface area contributed by atoms with E-state index in [1.54, 1.807) is 36.4 Å². The first-order chi connectivity index (χ1) is 16.0. The second-order valence-electron chi connectivity index (χ2n) is 7.96. The highest BCUT2D eigenvalue weighted by Gasteiger charge is 2.23. The molecule has 0 saturated heterocycles. The van der Waals surface area contributed by atoms with Gasteiger partial charge < -0.3 is 15.1 Å². The fourth-order valence-electron chi connectivity index (χ4n) is 4.06. The number of benzene rings is 2. The topological polar surface area (TPSA) is 131 Å². The zero-order valence-corrected chi connectivity index (χ0v) is 17.7. The van der Waals surface area contributed by atoms with E-state index in [0.717, 1.165) is 11.3 Å². The minimum absolute atomic E-state index is 0.000171. The maximum atomic E-state index is 12.8. The molecule has 0 amide bonds. The molecule has 9 heteroatoms. The molecule has 4 aromatic rings. The molecular weight excluding hydrogens is 422 g/mol. The van der Waals surface area contributed by atoms with Gasteiger partial charge in [0.25, 0.3) is 11.2 Å². The van der Waals surface area contributed by atoms with Gasteiger partial charge in [-0.1, -0.05) is 12.1 Å². The van der Waals surface area contributed by atoms with Gasteiger partial charge in [0.1, 0.15) is 17.3 Å². The number of para-hydroxylation sites is 1. The van der Waals surface area contributed by atoms with Crippen molar-refractivity contribution in [3.63, 3.8) is 0 Å². The zero-order valence-electron chi connectivity index (χ0n) is 17.7. The zero-order chi connectivity index (χ0) is 22.9. The van der Waals surface area contributed by atoms with E-state index in [1.165, 1.54) is 6.07 Å². The number of nitrogens with one attached hydrogen (secondary N) is 1. The number of nitrogens with zero attached hydrogens (tertiary/aromatic N) is 3. The molecule has 0 aliphatic carbocycles. The smallest absolute Gasteiger partial charge is 0.280 e. The molecule has 0 spiro atoms. The summed E-state index contributed by atoms with van der Waals surface area (Å²) in [6.07, 6.45) is 0.638. The first kappa shape index (κ1) is 20.7. The average Bonchev–Trinajstić information content (AvgIpc) is 3.28. The number of nitro benzene ring substituents is 1. The Kier molecular flexibility index (Phi) is 5.23. The molecule has 0 unspecified atom stereocenters. The highest BCUT2D eigenvalue weighted by atomic mass is 16.6. The number of furan rings is 1. The van der Waals surface area contributed by atoms with Crippen LogP contribution in [0.4, 0.5) is 11.4 Å². The van der Waals surface area contributed by atoms with Crippen LogP contribution in [0.25, 0.3) is 22.7 Å². The Morgan fingerprint density at radius 2 is 1.91 bits per heavy atom. The van der Waals surface area contributed by atoms with Crippen molar-refractivity contribution in [3.8, 4) is 22.7 Å². The highest BCUT2D eigenvalue weighted by Crippen LogP contribution is 2.31. The number of nitrogens with two attached hydrogens (primary N) is 1. The first-order valence-electron chi connectivity index (χ1n) is 10.5. The van der Waals surface area contributed by atoms with Crippen molar-refractivity contribution in [3.05, 3.63) is 98.1 Å². The standard InChI is InChI=1S/C24H21N5O4/c25-16-7-5-15(6-8-16)23-26-20-11-12-28(14-19(20)24(30)27-23)13-17-9-10-22(33-17)18-3-1-2-4-21(18)29(31)32/h1-10H,11-14,25H2,(H,26,27,30). The van der Waals surface area contributed by atoms with E-state index in [0.29, 0.717) is 60.2 Å². The van der Waals surface area contributed by atoms with Crippen molar-refractivity contribution in [1.29, 1.82) is 0 Å². The molecule has 0 radical (unpaired) electrons. The molecule has 0 atom stereocenters. The summed E-state index contributed by atoms with van der Waals surface area (Å²) in [5, 5.41) is 11.3. The number of hydrogen-bond donors (Lipinski definition) is 2. The van der Waals surface area contributed by atoms with Crippen LogP contribution in [0.1, 0.15) is 17.0 Å². The SMILES string of the molecule is Nc1ccc(-c2nc3c(c(=O)[nH]2)CN(Cc2ccc(-c4ccccc4[N+](=O)[O-])o2)CC3)cc1. The fourth-order valence-corrected chi connectivity index (χ4v) is 4.06. The second kappa shape index (κ2) is 8.36. The Balaban J connectivity index is 1.34. The van der Waals surface area contributed by atoms with Gasteiger partial charge in [0.15, 0.2) is 0 Å². The minimum atomic E-state index is -0.420. The van der Waals surface area contributed by atoms with Crippen molar-refractivity contribution >= 4 is 11.4 Å². The van der Waals surface area contributed by atoms with Crippen LogP contribution in [0.5, 0.6) is 0 Å². The third kappa shape index (κ3) is 4.13. The maximum Gasteiger partial charge on any atom is 0.280 e. The molecular formula is C24H21N5O4. The molecule has 3 N–H and O–H groups in total. The van der Waals surface area contributed by atoms with Crippen LogP contribution in [-0.2, 0) is 19.5 Å². The number of aromatic nitrogens is 2. The number of hydrogen-bond acceptors (Lipinski definition) is 7. The molecule has 0 fully saturated rings. The van der Waals surface area contributed by atoms with Crippen molar-refractivity contribution in [2.75, 3.05) is 12.3 Å². The third-order valence-corrected chi connectivity index (χ3v) is 5.74. The predicted molar refractivity (Wildman–Crippen MR) is 123 cm³/mol. The summed E-state index contributed by atoms with van der Waals surface area (Å²) in [5.74, 6) is 1.66. The molecule has 2 aromatic carbocycles. The van der Waals surface area contributed by atoms with E-state index in [2.05, 4.69) is 14.9 Å². The Morgan fingerprint density at radius 1 is 1.12 bits per heavy atom. The second-order valence-corrected chi connectivity index (χ2v) is 7.96. The van der Waals surface area contributed by atoms with Gasteiger partial charge in [-0.15, -0.1) is 0 Å². The Bertz CT molecular complexity index is 1390. The van der Waals surface area contributed by atoms with Gasteiger partial charge in [-0.3, -0.25) is 19.8 Å². The quantitative estimate of drug-likeness (QED) is 0.273. The van der Waals surface area contributed by atoms with Gasteiger partial charge in [-0.2, -0.15) is 0 Å². The number of rotatable bonds is 5. The number of H-pyrrole nitrogens is 1. The summed E-state index contributed by atoms with van der Waals surface area (Å²) in [6, 6.07) is 17.3. The van der Waals surface area contributed by atoms with Gasteiger partial charge in [0, 0.05) is 36.8 Å². The van der Waals surface area contributed by atoms with Crippen LogP contribution in [0.3, 0.4) is 0 Å². The van der Waals surface area contributed by atoms with Crippen LogP contribution < -0.4 is 11.3 Å². The molecule has 1 aliphatic heterocycles. The summed E-state index contributed by atoms with van der Waals surface area (Å²) in [4.78, 5) is 33.3. The van der Waals surface area contributed by atoms with E-state index in [4.69, 9.17) is 10.2 Å². The van der Waals surface area contributed by atoms with E-state index >= 15 is 0 Å². The van der Waals surface area contributed by atoms with E-state index in [1.807, 2.05) is 18.2 Å². The van der Waals surface area contributed by atoms with Crippen LogP contribution in [0.2, 0.25) is 0 Å². The lowest BCUT2D eigenvalue weighted by molar-refractivity contribution is -0.384. The van der Waals surface area contributed by atoms with Gasteiger partial charge >= 0.3 is 0 Å². The molecule has 1 aliphatic rings. The van der Waals surface area contributed by atoms with Crippen molar-refractivity contribution in [2.24, 2.45) is 0 Å². The van der Waals surface area contributed by atoms with Gasteiger partial charge in [0.2, 0.25) is 0 Å². The van der Waals surface area contributed by atoms with Crippen molar-refractivity contribution < 1.29 is 9.34 Å². The van der Waals surface area contributed by atoms with E-state index < -0.39 is 4.92 Å². The summed E-state index contributed by atoms with van der Waals surface area (Å²) in [7, 11) is 0. The van der Waals surface area contributed by atoms with Crippen LogP contribution in [0.15, 0.2) is 69.9 Å². The Labute approximate surface area is 188 Å². The lowest BCUT2D eigenvalue weighted by Crippen LogP contribution is -2.35. The lowest BCUT2D eigenvalue weighted by Gasteiger charge is -2.26. The van der Waals surface area contributed by atoms with Gasteiger partial charge in [-0.25, -0.2) is 4.98 Å². The Hall–Kier alpha value is -4.24.